The highest BCUT2D eigenvalue weighted by Crippen LogP contribution is 2.27. The molecule has 0 saturated carbocycles. The average molecular weight is 511 g/mol. The number of alkyl halides is 1. The van der Waals surface area contributed by atoms with Gasteiger partial charge in [0, 0.05) is 19.1 Å². The van der Waals surface area contributed by atoms with Crippen LogP contribution in [0.15, 0.2) is 53.5 Å². The Morgan fingerprint density at radius 3 is 2.69 bits per heavy atom. The van der Waals surface area contributed by atoms with E-state index in [4.69, 9.17) is 9.47 Å². The van der Waals surface area contributed by atoms with Gasteiger partial charge in [-0.1, -0.05) is 49.7 Å². The maximum atomic E-state index is 12.5. The number of hydrogen-bond donors (Lipinski definition) is 0. The predicted molar refractivity (Wildman–Crippen MR) is 122 cm³/mol. The number of carbonyl (C=O) groups is 1. The van der Waals surface area contributed by atoms with Crippen LogP contribution in [-0.2, 0) is 16.0 Å². The van der Waals surface area contributed by atoms with Crippen LogP contribution in [0.1, 0.15) is 44.2 Å². The molecule has 156 valence electrons. The fourth-order valence-electron chi connectivity index (χ4n) is 2.77. The van der Waals surface area contributed by atoms with Gasteiger partial charge in [-0.05, 0) is 59.2 Å². The number of hydrogen-bond acceptors (Lipinski definition) is 4. The lowest BCUT2D eigenvalue weighted by Gasteiger charge is -2.26. The summed E-state index contributed by atoms with van der Waals surface area (Å²) in [5, 5.41) is 0. The van der Waals surface area contributed by atoms with E-state index in [1.165, 1.54) is 0 Å². The molecule has 0 bridgehead atoms. The third-order valence-corrected chi connectivity index (χ3v) is 5.11. The normalized spacial score (nSPS) is 13.2. The van der Waals surface area contributed by atoms with E-state index < -0.39 is 12.4 Å². The minimum atomic E-state index is -1.05. The molecule has 0 spiro atoms. The summed E-state index contributed by atoms with van der Waals surface area (Å²) in [6, 6.07) is 15.4. The van der Waals surface area contributed by atoms with E-state index in [1.807, 2.05) is 55.5 Å². The van der Waals surface area contributed by atoms with Gasteiger partial charge >= 0.3 is 5.97 Å². The molecule has 0 aromatic heterocycles. The van der Waals surface area contributed by atoms with Crippen LogP contribution in [-0.4, -0.2) is 31.2 Å². The highest BCUT2D eigenvalue weighted by atomic mass is 127. The molecule has 1 atom stereocenters. The lowest BCUT2D eigenvalue weighted by Crippen LogP contribution is -2.32. The summed E-state index contributed by atoms with van der Waals surface area (Å²) in [5.74, 6) is 0.353. The quantitative estimate of drug-likeness (QED) is 0.219. The highest BCUT2D eigenvalue weighted by molar-refractivity contribution is 14.1. The van der Waals surface area contributed by atoms with E-state index in [0.717, 1.165) is 27.5 Å². The molecule has 29 heavy (non-hydrogen) atoms. The van der Waals surface area contributed by atoms with Gasteiger partial charge in [0.2, 0.25) is 5.72 Å². The number of aliphatic imine (C=N–C) groups is 1. The van der Waals surface area contributed by atoms with Crippen molar-refractivity contribution >= 4 is 34.8 Å². The molecule has 6 heteroatoms. The van der Waals surface area contributed by atoms with Crippen molar-refractivity contribution in [2.75, 3.05) is 13.3 Å². The largest absolute Gasteiger partial charge is 0.490 e. The summed E-state index contributed by atoms with van der Waals surface area (Å²) in [6.07, 6.45) is 4.18. The Bertz CT molecular complexity index is 813. The molecule has 0 aliphatic heterocycles. The first-order valence-corrected chi connectivity index (χ1v) is 10.8. The molecule has 2 aromatic carbocycles. The molecule has 0 aliphatic carbocycles. The van der Waals surface area contributed by atoms with Crippen molar-refractivity contribution in [2.24, 2.45) is 4.99 Å². The van der Waals surface area contributed by atoms with E-state index in [1.54, 1.807) is 13.1 Å². The fraction of sp³-hybridized carbons (Fsp3) is 0.391. The van der Waals surface area contributed by atoms with Crippen LogP contribution in [0.4, 0.5) is 4.39 Å². The predicted octanol–water partition coefficient (Wildman–Crippen LogP) is 5.75. The van der Waals surface area contributed by atoms with Gasteiger partial charge in [0.05, 0.1) is 3.57 Å². The molecule has 0 amide bonds. The topological polar surface area (TPSA) is 47.9 Å². The molecule has 0 heterocycles. The standard InChI is InChI=1S/C23H27FINO3/c1-3-4-10-22(27)29-23(2,26-17-18-8-6-5-7-9-18)16-19-11-12-20(25)21(15-19)28-14-13-24/h5-9,11-12,15,17H,3-4,10,13-14,16H2,1-2H3/t23-/m1/s1. The lowest BCUT2D eigenvalue weighted by molar-refractivity contribution is -0.157. The first kappa shape index (κ1) is 23.3. The first-order chi connectivity index (χ1) is 14.0. The lowest BCUT2D eigenvalue weighted by atomic mass is 10.0. The maximum Gasteiger partial charge on any atom is 0.307 e. The molecule has 0 fully saturated rings. The number of nitrogens with zero attached hydrogens (tertiary/aromatic N) is 1. The van der Waals surface area contributed by atoms with Gasteiger partial charge in [0.25, 0.3) is 0 Å². The number of carbonyl (C=O) groups excluding carboxylic acids is 1. The molecule has 0 N–H and O–H groups in total. The highest BCUT2D eigenvalue weighted by Gasteiger charge is 2.28. The Morgan fingerprint density at radius 1 is 1.24 bits per heavy atom. The molecule has 0 saturated heterocycles. The second-order valence-corrected chi connectivity index (χ2v) is 8.06. The SMILES string of the molecule is CCCCC(=O)O[C@](C)(Cc1ccc(I)c(OCCF)c1)N=Cc1ccccc1. The first-order valence-electron chi connectivity index (χ1n) is 9.75. The number of benzene rings is 2. The van der Waals surface area contributed by atoms with Gasteiger partial charge < -0.3 is 9.47 Å². The van der Waals surface area contributed by atoms with Crippen LogP contribution >= 0.6 is 22.6 Å². The van der Waals surface area contributed by atoms with E-state index in [2.05, 4.69) is 27.6 Å². The van der Waals surface area contributed by atoms with Crippen LogP contribution in [0.5, 0.6) is 5.75 Å². The van der Waals surface area contributed by atoms with Crippen LogP contribution < -0.4 is 4.74 Å². The van der Waals surface area contributed by atoms with E-state index in [-0.39, 0.29) is 12.6 Å². The van der Waals surface area contributed by atoms with Crippen molar-refractivity contribution in [1.29, 1.82) is 0 Å². The van der Waals surface area contributed by atoms with Crippen LogP contribution in [0.3, 0.4) is 0 Å². The number of ether oxygens (including phenoxy) is 2. The molecule has 0 unspecified atom stereocenters. The van der Waals surface area contributed by atoms with Gasteiger partial charge in [-0.2, -0.15) is 0 Å². The zero-order valence-corrected chi connectivity index (χ0v) is 19.0. The van der Waals surface area contributed by atoms with Crippen molar-refractivity contribution in [3.05, 3.63) is 63.2 Å². The van der Waals surface area contributed by atoms with Crippen molar-refractivity contribution in [1.82, 2.24) is 0 Å². The van der Waals surface area contributed by atoms with Crippen LogP contribution in [0.2, 0.25) is 0 Å². The fourth-order valence-corrected chi connectivity index (χ4v) is 3.26. The van der Waals surface area contributed by atoms with Gasteiger partial charge in [-0.15, -0.1) is 0 Å². The van der Waals surface area contributed by atoms with Crippen LogP contribution in [0.25, 0.3) is 0 Å². The average Bonchev–Trinajstić information content (AvgIpc) is 2.72. The zero-order chi connectivity index (χ0) is 21.1. The third-order valence-electron chi connectivity index (χ3n) is 4.22. The van der Waals surface area contributed by atoms with E-state index in [0.29, 0.717) is 18.6 Å². The Labute approximate surface area is 185 Å². The minimum Gasteiger partial charge on any atom is -0.490 e. The summed E-state index contributed by atoms with van der Waals surface area (Å²) in [6.45, 7) is 3.30. The Hall–Kier alpha value is -1.96. The molecular formula is C23H27FINO3. The van der Waals surface area contributed by atoms with Crippen molar-refractivity contribution in [3.63, 3.8) is 0 Å². The second-order valence-electron chi connectivity index (χ2n) is 6.90. The van der Waals surface area contributed by atoms with E-state index in [9.17, 15) is 9.18 Å². The summed E-state index contributed by atoms with van der Waals surface area (Å²) in [5.41, 5.74) is 0.776. The Morgan fingerprint density at radius 2 is 2.00 bits per heavy atom. The number of esters is 1. The number of halogens is 2. The van der Waals surface area contributed by atoms with Gasteiger partial charge in [-0.25, -0.2) is 9.38 Å². The second kappa shape index (κ2) is 11.9. The monoisotopic (exact) mass is 511 g/mol. The van der Waals surface area contributed by atoms with Crippen molar-refractivity contribution in [2.45, 2.75) is 45.3 Å². The Kier molecular flexibility index (Phi) is 9.57. The van der Waals surface area contributed by atoms with Crippen molar-refractivity contribution < 1.29 is 18.7 Å². The molecule has 2 rings (SSSR count). The van der Waals surface area contributed by atoms with E-state index >= 15 is 0 Å². The van der Waals surface area contributed by atoms with Crippen molar-refractivity contribution in [3.8, 4) is 5.75 Å². The summed E-state index contributed by atoms with van der Waals surface area (Å²) >= 11 is 2.15. The number of unbranched alkanes of at least 4 members (excludes halogenated alkanes) is 1. The summed E-state index contributed by atoms with van der Waals surface area (Å²) in [4.78, 5) is 16.9. The third kappa shape index (κ3) is 8.12. The summed E-state index contributed by atoms with van der Waals surface area (Å²) in [7, 11) is 0. The zero-order valence-electron chi connectivity index (χ0n) is 16.9. The van der Waals surface area contributed by atoms with Gasteiger partial charge in [-0.3, -0.25) is 4.79 Å². The molecule has 0 radical (unpaired) electrons. The van der Waals surface area contributed by atoms with Gasteiger partial charge in [0.1, 0.15) is 19.0 Å². The molecular weight excluding hydrogens is 484 g/mol. The molecule has 0 aliphatic rings. The van der Waals surface area contributed by atoms with Crippen LogP contribution in [0, 0.1) is 3.57 Å². The molecule has 2 aromatic rings. The maximum absolute atomic E-state index is 12.5. The Balaban J connectivity index is 2.24. The summed E-state index contributed by atoms with van der Waals surface area (Å²) < 4.78 is 24.6. The minimum absolute atomic E-state index is 0.00882. The van der Waals surface area contributed by atoms with Gasteiger partial charge in [0.15, 0.2) is 0 Å². The smallest absolute Gasteiger partial charge is 0.307 e. The number of rotatable bonds is 11. The molecule has 4 nitrogen and oxygen atoms in total.